The molecule has 21 heavy (non-hydrogen) atoms. The Morgan fingerprint density at radius 3 is 2.43 bits per heavy atom. The van der Waals surface area contributed by atoms with E-state index in [1.54, 1.807) is 19.1 Å². The second kappa shape index (κ2) is 5.23. The number of aromatic nitrogens is 1. The van der Waals surface area contributed by atoms with Gasteiger partial charge in [0.15, 0.2) is 0 Å². The fourth-order valence-electron chi connectivity index (χ4n) is 1.58. The van der Waals surface area contributed by atoms with Crippen LogP contribution in [-0.2, 0) is 9.84 Å². The maximum Gasteiger partial charge on any atom is 0.455 e. The lowest BCUT2D eigenvalue weighted by molar-refractivity contribution is -0.0882. The molecule has 0 radical (unpaired) electrons. The molecule has 0 aliphatic heterocycles. The van der Waals surface area contributed by atoms with Crippen LogP contribution in [0.4, 0.5) is 13.2 Å². The van der Waals surface area contributed by atoms with Crippen molar-refractivity contribution >= 4 is 27.0 Å². The van der Waals surface area contributed by atoms with E-state index >= 15 is 0 Å². The van der Waals surface area contributed by atoms with Crippen molar-refractivity contribution in [3.8, 4) is 0 Å². The summed E-state index contributed by atoms with van der Waals surface area (Å²) in [7, 11) is -4.04. The van der Waals surface area contributed by atoms with Gasteiger partial charge in [0.05, 0.1) is 11.1 Å². The van der Waals surface area contributed by atoms with Crippen LogP contribution < -0.4 is 0 Å². The highest BCUT2D eigenvalue weighted by Crippen LogP contribution is 2.30. The van der Waals surface area contributed by atoms with Gasteiger partial charge in [0.25, 0.3) is 5.78 Å². The largest absolute Gasteiger partial charge is 0.455 e. The number of carbonyl (C=O) groups is 1. The van der Waals surface area contributed by atoms with Crippen LogP contribution in [0, 0.1) is 6.92 Å². The van der Waals surface area contributed by atoms with Gasteiger partial charge in [0, 0.05) is 0 Å². The number of halogens is 3. The number of carbonyl (C=O) groups excluding carboxylic acids is 1. The molecule has 1 aromatic carbocycles. The third-order valence-electron chi connectivity index (χ3n) is 2.58. The van der Waals surface area contributed by atoms with Crippen molar-refractivity contribution < 1.29 is 26.4 Å². The van der Waals surface area contributed by atoms with Gasteiger partial charge in [-0.3, -0.25) is 4.79 Å². The minimum Gasteiger partial charge on any atom is -0.283 e. The first-order chi connectivity index (χ1) is 9.64. The number of Topliss-reactive ketones (excluding diaryl/α,β-unsaturated/α-hetero) is 1. The maximum absolute atomic E-state index is 12.3. The van der Waals surface area contributed by atoms with E-state index in [0.717, 1.165) is 0 Å². The quantitative estimate of drug-likeness (QED) is 0.809. The van der Waals surface area contributed by atoms with Gasteiger partial charge >= 0.3 is 6.18 Å². The Balaban J connectivity index is 2.47. The van der Waals surface area contributed by atoms with Gasteiger partial charge in [-0.15, -0.1) is 0 Å². The number of hydrogen-bond acceptors (Lipinski definition) is 5. The number of benzene rings is 1. The molecule has 0 unspecified atom stereocenters. The zero-order valence-corrected chi connectivity index (χ0v) is 12.1. The predicted molar refractivity (Wildman–Crippen MR) is 69.1 cm³/mol. The molecule has 0 amide bonds. The van der Waals surface area contributed by atoms with E-state index in [1.165, 1.54) is 12.1 Å². The Hall–Kier alpha value is -1.74. The van der Waals surface area contributed by atoms with Gasteiger partial charge in [-0.2, -0.15) is 13.2 Å². The summed E-state index contributed by atoms with van der Waals surface area (Å²) in [5.41, 5.74) is 0.441. The summed E-state index contributed by atoms with van der Waals surface area (Å²) in [5.74, 6) is -2.11. The number of nitrogens with zero attached hydrogens (tertiary/aromatic N) is 1. The van der Waals surface area contributed by atoms with Crippen LogP contribution in [-0.4, -0.2) is 25.4 Å². The Morgan fingerprint density at radius 2 is 1.86 bits per heavy atom. The van der Waals surface area contributed by atoms with Crippen LogP contribution in [0.2, 0.25) is 0 Å². The molecule has 0 saturated carbocycles. The monoisotopic (exact) mass is 335 g/mol. The molecule has 1 aromatic heterocycles. The summed E-state index contributed by atoms with van der Waals surface area (Å²) in [6.45, 7) is 1.56. The molecule has 112 valence electrons. The highest BCUT2D eigenvalue weighted by atomic mass is 32.2. The van der Waals surface area contributed by atoms with Crippen molar-refractivity contribution in [1.82, 2.24) is 4.98 Å². The van der Waals surface area contributed by atoms with E-state index in [4.69, 9.17) is 0 Å². The Kier molecular flexibility index (Phi) is 3.89. The van der Waals surface area contributed by atoms with E-state index in [1.807, 2.05) is 0 Å². The van der Waals surface area contributed by atoms with Crippen molar-refractivity contribution in [3.63, 3.8) is 0 Å². The number of alkyl halides is 3. The summed E-state index contributed by atoms with van der Waals surface area (Å²) in [6, 6.07) is 6.02. The Morgan fingerprint density at radius 1 is 1.24 bits per heavy atom. The van der Waals surface area contributed by atoms with Crippen molar-refractivity contribution in [3.05, 3.63) is 40.9 Å². The lowest BCUT2D eigenvalue weighted by atomic mass is 10.2. The average molecular weight is 335 g/mol. The number of aryl methyl sites for hydroxylation is 1. The summed E-state index contributed by atoms with van der Waals surface area (Å²) in [4.78, 5) is 13.7. The smallest absolute Gasteiger partial charge is 0.283 e. The molecule has 0 N–H and O–H groups in total. The molecule has 0 atom stereocenters. The van der Waals surface area contributed by atoms with Gasteiger partial charge in [0.1, 0.15) is 4.88 Å². The zero-order valence-electron chi connectivity index (χ0n) is 10.5. The van der Waals surface area contributed by atoms with Gasteiger partial charge in [-0.1, -0.05) is 29.5 Å². The SMILES string of the molecule is Cc1ccccc1S(=O)(=O)c1ncc(C(=O)C(F)(F)F)s1. The van der Waals surface area contributed by atoms with Crippen LogP contribution in [0.5, 0.6) is 0 Å². The lowest BCUT2D eigenvalue weighted by Gasteiger charge is -2.04. The number of rotatable bonds is 3. The first kappa shape index (κ1) is 15.6. The van der Waals surface area contributed by atoms with E-state index in [9.17, 15) is 26.4 Å². The molecule has 0 fully saturated rings. The first-order valence-electron chi connectivity index (χ1n) is 5.52. The van der Waals surface area contributed by atoms with Crippen LogP contribution in [0.1, 0.15) is 15.2 Å². The summed E-state index contributed by atoms with van der Waals surface area (Å²) < 4.78 is 61.0. The number of thiazole rings is 1. The predicted octanol–water partition coefficient (Wildman–Crippen LogP) is 3.03. The van der Waals surface area contributed by atoms with E-state index in [-0.39, 0.29) is 16.2 Å². The highest BCUT2D eigenvalue weighted by Gasteiger charge is 2.41. The topological polar surface area (TPSA) is 64.1 Å². The minimum absolute atomic E-state index is 0.0506. The fourth-order valence-corrected chi connectivity index (χ4v) is 4.29. The Bertz CT molecular complexity index is 794. The summed E-state index contributed by atoms with van der Waals surface area (Å²) in [6.07, 6.45) is -4.43. The molecule has 0 spiro atoms. The van der Waals surface area contributed by atoms with Crippen molar-refractivity contribution in [2.75, 3.05) is 0 Å². The maximum atomic E-state index is 12.3. The van der Waals surface area contributed by atoms with Crippen molar-refractivity contribution in [2.45, 2.75) is 22.3 Å². The van der Waals surface area contributed by atoms with Crippen molar-refractivity contribution in [2.24, 2.45) is 0 Å². The number of sulfone groups is 1. The Labute approximate surface area is 122 Å². The van der Waals surface area contributed by atoms with Gasteiger partial charge in [-0.25, -0.2) is 13.4 Å². The van der Waals surface area contributed by atoms with Crippen LogP contribution in [0.3, 0.4) is 0 Å². The number of ketones is 1. The van der Waals surface area contributed by atoms with Gasteiger partial charge in [-0.05, 0) is 18.6 Å². The normalized spacial score (nSPS) is 12.4. The van der Waals surface area contributed by atoms with E-state index < -0.39 is 31.0 Å². The molecule has 0 aliphatic rings. The highest BCUT2D eigenvalue weighted by molar-refractivity contribution is 7.93. The van der Waals surface area contributed by atoms with Crippen LogP contribution in [0.25, 0.3) is 0 Å². The first-order valence-corrected chi connectivity index (χ1v) is 7.82. The average Bonchev–Trinajstić information content (AvgIpc) is 2.87. The molecule has 1 heterocycles. The molecule has 4 nitrogen and oxygen atoms in total. The minimum atomic E-state index is -5.06. The fraction of sp³-hybridized carbons (Fsp3) is 0.167. The molecule has 0 aliphatic carbocycles. The van der Waals surface area contributed by atoms with E-state index in [0.29, 0.717) is 11.8 Å². The third-order valence-corrected chi connectivity index (χ3v) is 5.88. The van der Waals surface area contributed by atoms with Crippen LogP contribution in [0.15, 0.2) is 39.7 Å². The standard InChI is InChI=1S/C12H8F3NO3S2/c1-7-4-2-3-5-9(7)21(18,19)11-16-6-8(20-11)10(17)12(13,14)15/h2-6H,1H3. The zero-order chi connectivity index (χ0) is 15.8. The molecule has 0 bridgehead atoms. The molecule has 0 saturated heterocycles. The lowest BCUT2D eigenvalue weighted by Crippen LogP contribution is -2.21. The number of hydrogen-bond donors (Lipinski definition) is 0. The van der Waals surface area contributed by atoms with Crippen LogP contribution >= 0.6 is 11.3 Å². The second-order valence-corrected chi connectivity index (χ2v) is 7.21. The molecular formula is C12H8F3NO3S2. The molecular weight excluding hydrogens is 327 g/mol. The van der Waals surface area contributed by atoms with Gasteiger partial charge < -0.3 is 0 Å². The molecule has 9 heteroatoms. The summed E-state index contributed by atoms with van der Waals surface area (Å²) in [5, 5.41) is 0. The molecule has 2 rings (SSSR count). The van der Waals surface area contributed by atoms with Gasteiger partial charge in [0.2, 0.25) is 14.2 Å². The third kappa shape index (κ3) is 2.98. The second-order valence-electron chi connectivity index (χ2n) is 4.09. The molecule has 2 aromatic rings. The summed E-state index contributed by atoms with van der Waals surface area (Å²) >= 11 is 0.210. The van der Waals surface area contributed by atoms with Crippen molar-refractivity contribution in [1.29, 1.82) is 0 Å². The van der Waals surface area contributed by atoms with E-state index in [2.05, 4.69) is 4.98 Å².